The van der Waals surface area contributed by atoms with Crippen molar-refractivity contribution >= 4 is 5.97 Å². The monoisotopic (exact) mass is 303 g/mol. The lowest BCUT2D eigenvalue weighted by Gasteiger charge is -2.20. The number of hydrogen-bond donors (Lipinski definition) is 0. The van der Waals surface area contributed by atoms with Gasteiger partial charge < -0.3 is 9.90 Å². The molecule has 0 spiro atoms. The van der Waals surface area contributed by atoms with Crippen molar-refractivity contribution in [2.75, 3.05) is 27.7 Å². The van der Waals surface area contributed by atoms with Gasteiger partial charge in [-0.1, -0.05) is 64.7 Å². The summed E-state index contributed by atoms with van der Waals surface area (Å²) < 4.78 is 0.622. The van der Waals surface area contributed by atoms with Gasteiger partial charge in [0.05, 0.1) is 21.1 Å². The van der Waals surface area contributed by atoms with Crippen molar-refractivity contribution in [3.63, 3.8) is 0 Å². The molecule has 0 radical (unpaired) electrons. The zero-order valence-electron chi connectivity index (χ0n) is 15.0. The first-order chi connectivity index (χ1) is 9.79. The van der Waals surface area contributed by atoms with Crippen LogP contribution in [0.3, 0.4) is 0 Å². The Morgan fingerprint density at radius 3 is 1.52 bits per heavy atom. The summed E-state index contributed by atoms with van der Waals surface area (Å²) in [6, 6.07) is 0. The van der Waals surface area contributed by atoms with Gasteiger partial charge in [-0.2, -0.15) is 4.65 Å². The minimum absolute atomic E-state index is 0.622. The van der Waals surface area contributed by atoms with Crippen LogP contribution >= 0.6 is 0 Å². The van der Waals surface area contributed by atoms with Crippen molar-refractivity contribution in [1.82, 2.24) is 0 Å². The van der Waals surface area contributed by atoms with Gasteiger partial charge in [0, 0.05) is 5.97 Å². The smallest absolute Gasteiger partial charge is 0.106 e. The van der Waals surface area contributed by atoms with E-state index in [1.54, 1.807) is 0 Å². The average Bonchev–Trinajstić information content (AvgIpc) is 2.34. The number of unbranched alkanes of at least 4 members (excludes halogenated alkanes) is 9. The maximum atomic E-state index is 8.89. The summed E-state index contributed by atoms with van der Waals surface area (Å²) in [5.41, 5.74) is 0. The number of carbonyl (C=O) groups is 1. The highest BCUT2D eigenvalue weighted by molar-refractivity contribution is 5.60. The number of carboxylic acids is 1. The molecule has 128 valence electrons. The number of carboxylic acid groups (broad SMARTS) is 1. The summed E-state index contributed by atoms with van der Waals surface area (Å²) in [6.07, 6.45) is 13.9. The summed E-state index contributed by atoms with van der Waals surface area (Å²) in [4.78, 5) is 14.5. The van der Waals surface area contributed by atoms with Crippen LogP contribution < -0.4 is 5.11 Å². The topological polar surface area (TPSA) is 49.4 Å². The van der Waals surface area contributed by atoms with E-state index in [4.69, 9.17) is 14.7 Å². The second-order valence-corrected chi connectivity index (χ2v) is 6.40. The molecule has 0 unspecified atom stereocenters. The minimum atomic E-state index is -1.08. The van der Waals surface area contributed by atoms with Gasteiger partial charge in [0.2, 0.25) is 0 Å². The van der Waals surface area contributed by atoms with Crippen LogP contribution in [0.5, 0.6) is 0 Å². The van der Waals surface area contributed by atoms with Crippen LogP contribution in [0.1, 0.15) is 78.1 Å². The van der Waals surface area contributed by atoms with Gasteiger partial charge in [-0.15, -0.1) is 0 Å². The molecule has 0 aliphatic rings. The lowest BCUT2D eigenvalue weighted by Crippen LogP contribution is -2.34. The quantitative estimate of drug-likeness (QED) is 0.316. The number of quaternary nitrogens is 1. The summed E-state index contributed by atoms with van der Waals surface area (Å²) in [5.74, 6) is -1.08. The predicted molar refractivity (Wildman–Crippen MR) is 86.5 cm³/mol. The van der Waals surface area contributed by atoms with Gasteiger partial charge in [0.25, 0.3) is 0 Å². The Morgan fingerprint density at radius 1 is 0.857 bits per heavy atom. The van der Waals surface area contributed by atoms with E-state index in [1.807, 2.05) is 0 Å². The van der Waals surface area contributed by atoms with Crippen LogP contribution in [0, 0.1) is 0 Å². The van der Waals surface area contributed by atoms with E-state index in [-0.39, 0.29) is 0 Å². The molecule has 4 heteroatoms. The molecule has 0 aliphatic heterocycles. The summed E-state index contributed by atoms with van der Waals surface area (Å²) >= 11 is 0. The van der Waals surface area contributed by atoms with E-state index in [2.05, 4.69) is 28.1 Å². The van der Waals surface area contributed by atoms with Crippen LogP contribution in [0.15, 0.2) is 0 Å². The largest absolute Gasteiger partial charge is 0.550 e. The van der Waals surface area contributed by atoms with E-state index >= 15 is 0 Å². The Morgan fingerprint density at radius 2 is 1.19 bits per heavy atom. The van der Waals surface area contributed by atoms with Gasteiger partial charge in [0.15, 0.2) is 0 Å². The summed E-state index contributed by atoms with van der Waals surface area (Å²) in [6.45, 7) is 4.15. The third-order valence-corrected chi connectivity index (χ3v) is 2.98. The number of aliphatic carboxylic acids is 1. The lowest BCUT2D eigenvalue weighted by atomic mass is 10.1. The first-order valence-electron chi connectivity index (χ1n) is 8.43. The molecule has 0 heterocycles. The molecule has 0 atom stereocenters. The minimum Gasteiger partial charge on any atom is -0.550 e. The highest BCUT2D eigenvalue weighted by Gasteiger charge is 2.06. The zero-order chi connectivity index (χ0) is 16.6. The fraction of sp³-hybridized carbons (Fsp3) is 0.941. The molecule has 0 saturated heterocycles. The number of carbonyl (C=O) groups excluding carboxylic acids is 1. The van der Waals surface area contributed by atoms with Crippen LogP contribution in [0.4, 0.5) is 0 Å². The van der Waals surface area contributed by atoms with E-state index in [9.17, 15) is 0 Å². The van der Waals surface area contributed by atoms with Crippen molar-refractivity contribution in [3.8, 4) is 0 Å². The van der Waals surface area contributed by atoms with Crippen molar-refractivity contribution < 1.29 is 19.4 Å². The van der Waals surface area contributed by atoms with Gasteiger partial charge in [-0.3, -0.25) is 0 Å². The lowest BCUT2D eigenvalue weighted by molar-refractivity contribution is -1.06. The van der Waals surface area contributed by atoms with Gasteiger partial charge in [0.1, 0.15) is 6.61 Å². The molecule has 0 aromatic heterocycles. The molecule has 0 aromatic rings. The van der Waals surface area contributed by atoms with Crippen LogP contribution in [-0.4, -0.2) is 38.4 Å². The number of nitrogens with zero attached hydrogens (tertiary/aromatic N) is 1. The first kappa shape index (κ1) is 22.7. The second kappa shape index (κ2) is 15.8. The average molecular weight is 303 g/mol. The number of rotatable bonds is 12. The summed E-state index contributed by atoms with van der Waals surface area (Å²) in [5, 5.41) is 8.89. The molecule has 0 amide bonds. The molecule has 21 heavy (non-hydrogen) atoms. The van der Waals surface area contributed by atoms with E-state index in [0.29, 0.717) is 4.65 Å². The van der Waals surface area contributed by atoms with E-state index in [1.165, 1.54) is 64.2 Å². The molecule has 0 N–H and O–H groups in total. The van der Waals surface area contributed by atoms with Crippen molar-refractivity contribution in [1.29, 1.82) is 0 Å². The first-order valence-corrected chi connectivity index (χ1v) is 8.43. The van der Waals surface area contributed by atoms with Gasteiger partial charge in [-0.05, 0) is 13.3 Å². The molecule has 0 aliphatic carbocycles. The maximum absolute atomic E-state index is 8.89. The standard InChI is InChI=1S/C15H34NO.C2H4O2/c1-5-6-7-8-9-10-11-12-13-14-15-17-16(2,3)4;1-2(3)4/h5-15H2,1-4H3;1H3,(H,3,4)/q+1;/p-1. The third kappa shape index (κ3) is 32.7. The van der Waals surface area contributed by atoms with Gasteiger partial charge >= 0.3 is 0 Å². The molecule has 0 aromatic carbocycles. The Labute approximate surface area is 132 Å². The third-order valence-electron chi connectivity index (χ3n) is 2.98. The Bertz CT molecular complexity index is 221. The highest BCUT2D eigenvalue weighted by atomic mass is 16.7. The normalized spacial score (nSPS) is 10.9. The highest BCUT2D eigenvalue weighted by Crippen LogP contribution is 2.10. The molecular weight excluding hydrogens is 266 g/mol. The molecule has 0 fully saturated rings. The Hall–Kier alpha value is -0.610. The summed E-state index contributed by atoms with van der Waals surface area (Å²) in [7, 11) is 6.20. The molecule has 0 rings (SSSR count). The second-order valence-electron chi connectivity index (χ2n) is 6.40. The predicted octanol–water partition coefficient (Wildman–Crippen LogP) is 3.30. The Balaban J connectivity index is 0. The van der Waals surface area contributed by atoms with E-state index in [0.717, 1.165) is 13.5 Å². The zero-order valence-corrected chi connectivity index (χ0v) is 15.0. The van der Waals surface area contributed by atoms with Crippen LogP contribution in [0.2, 0.25) is 0 Å². The number of hydrogen-bond acceptors (Lipinski definition) is 3. The maximum Gasteiger partial charge on any atom is 0.106 e. The number of hydroxylamine groups is 3. The Kier molecular flexibility index (Phi) is 17.0. The SMILES string of the molecule is CC(=O)[O-].CCCCCCCCCCCCO[N+](C)(C)C. The van der Waals surface area contributed by atoms with E-state index < -0.39 is 5.97 Å². The van der Waals surface area contributed by atoms with Crippen LogP contribution in [-0.2, 0) is 9.63 Å². The van der Waals surface area contributed by atoms with Crippen molar-refractivity contribution in [3.05, 3.63) is 0 Å². The van der Waals surface area contributed by atoms with Crippen molar-refractivity contribution in [2.24, 2.45) is 0 Å². The molecular formula is C17H37NO3. The van der Waals surface area contributed by atoms with Gasteiger partial charge in [-0.25, -0.2) is 4.84 Å². The molecule has 0 bridgehead atoms. The fourth-order valence-corrected chi connectivity index (χ4v) is 1.93. The fourth-order valence-electron chi connectivity index (χ4n) is 1.93. The van der Waals surface area contributed by atoms with Crippen LogP contribution in [0.25, 0.3) is 0 Å². The molecule has 4 nitrogen and oxygen atoms in total. The molecule has 0 saturated carbocycles. The van der Waals surface area contributed by atoms with Crippen molar-refractivity contribution in [2.45, 2.75) is 78.1 Å².